The van der Waals surface area contributed by atoms with Gasteiger partial charge in [-0.1, -0.05) is 0 Å². The van der Waals surface area contributed by atoms with Gasteiger partial charge in [0.1, 0.15) is 0 Å². The van der Waals surface area contributed by atoms with Crippen LogP contribution >= 0.6 is 0 Å². The van der Waals surface area contributed by atoms with E-state index in [0.29, 0.717) is 0 Å². The molecule has 2 atom stereocenters. The predicted molar refractivity (Wildman–Crippen MR) is 74.5 cm³/mol. The quantitative estimate of drug-likeness (QED) is 0.804. The van der Waals surface area contributed by atoms with Crippen molar-refractivity contribution in [3.63, 3.8) is 0 Å². The maximum Gasteiger partial charge on any atom is 0.0111 e. The Morgan fingerprint density at radius 1 is 0.944 bits per heavy atom. The molecule has 2 unspecified atom stereocenters. The summed E-state index contributed by atoms with van der Waals surface area (Å²) < 4.78 is 0. The van der Waals surface area contributed by atoms with Crippen LogP contribution < -0.4 is 5.32 Å². The molecule has 2 bridgehead atoms. The van der Waals surface area contributed by atoms with Gasteiger partial charge in [-0.25, -0.2) is 0 Å². The first-order valence-corrected chi connectivity index (χ1v) is 8.26. The van der Waals surface area contributed by atoms with E-state index in [1.807, 2.05) is 0 Å². The molecule has 0 aromatic carbocycles. The zero-order chi connectivity index (χ0) is 12.1. The van der Waals surface area contributed by atoms with Gasteiger partial charge in [0.25, 0.3) is 0 Å². The highest BCUT2D eigenvalue weighted by molar-refractivity contribution is 4.98. The molecule has 2 heteroatoms. The van der Waals surface area contributed by atoms with Gasteiger partial charge in [-0.05, 0) is 82.7 Å². The zero-order valence-corrected chi connectivity index (χ0v) is 11.8. The summed E-state index contributed by atoms with van der Waals surface area (Å²) in [5.41, 5.74) is 0. The Morgan fingerprint density at radius 2 is 1.50 bits per heavy atom. The third-order valence-electron chi connectivity index (χ3n) is 6.20. The van der Waals surface area contributed by atoms with Crippen LogP contribution in [0.25, 0.3) is 0 Å². The fourth-order valence-corrected chi connectivity index (χ4v) is 4.65. The molecule has 102 valence electrons. The third kappa shape index (κ3) is 2.22. The van der Waals surface area contributed by atoms with Crippen LogP contribution in [0.4, 0.5) is 0 Å². The molecule has 2 saturated carbocycles. The number of fused-ring (bicyclic) bond motifs is 2. The summed E-state index contributed by atoms with van der Waals surface area (Å²) in [6.45, 7) is 1.34. The number of hydrogen-bond donors (Lipinski definition) is 1. The van der Waals surface area contributed by atoms with Crippen LogP contribution in [0.2, 0.25) is 0 Å². The van der Waals surface area contributed by atoms with Gasteiger partial charge in [0, 0.05) is 18.1 Å². The standard InChI is InChI=1S/C16H28N2/c1-18-14-6-7-15(18)9-13(8-14)17-10-16(11-2-3-11)12-4-5-12/h11-17H,2-10H2,1H3. The smallest absolute Gasteiger partial charge is 0.0111 e. The minimum atomic E-state index is 0.832. The van der Waals surface area contributed by atoms with Crippen molar-refractivity contribution in [3.05, 3.63) is 0 Å². The normalized spacial score (nSPS) is 40.7. The highest BCUT2D eigenvalue weighted by Gasteiger charge is 2.42. The Morgan fingerprint density at radius 3 is 2.00 bits per heavy atom. The summed E-state index contributed by atoms with van der Waals surface area (Å²) in [7, 11) is 2.34. The SMILES string of the molecule is CN1C2CCC1CC(NCC(C1CC1)C1CC1)C2. The van der Waals surface area contributed by atoms with Crippen LogP contribution in [0.5, 0.6) is 0 Å². The molecule has 18 heavy (non-hydrogen) atoms. The largest absolute Gasteiger partial charge is 0.314 e. The molecule has 2 nitrogen and oxygen atoms in total. The van der Waals surface area contributed by atoms with Gasteiger partial charge in [-0.2, -0.15) is 0 Å². The van der Waals surface area contributed by atoms with Crippen molar-refractivity contribution < 1.29 is 0 Å². The van der Waals surface area contributed by atoms with Crippen LogP contribution in [-0.2, 0) is 0 Å². The lowest BCUT2D eigenvalue weighted by molar-refractivity contribution is 0.144. The van der Waals surface area contributed by atoms with Crippen molar-refractivity contribution in [2.24, 2.45) is 17.8 Å². The second-order valence-corrected chi connectivity index (χ2v) is 7.47. The van der Waals surface area contributed by atoms with Gasteiger partial charge >= 0.3 is 0 Å². The number of nitrogens with zero attached hydrogens (tertiary/aromatic N) is 1. The summed E-state index contributed by atoms with van der Waals surface area (Å²) in [5.74, 6) is 3.25. The third-order valence-corrected chi connectivity index (χ3v) is 6.20. The van der Waals surface area contributed by atoms with Crippen LogP contribution in [0.15, 0.2) is 0 Å². The Bertz CT molecular complexity index is 282. The van der Waals surface area contributed by atoms with Crippen molar-refractivity contribution >= 4 is 0 Å². The molecule has 1 N–H and O–H groups in total. The number of rotatable bonds is 5. The molecular formula is C16H28N2. The Hall–Kier alpha value is -0.0800. The molecule has 2 aliphatic carbocycles. The maximum atomic E-state index is 3.96. The van der Waals surface area contributed by atoms with Crippen molar-refractivity contribution in [1.29, 1.82) is 0 Å². The van der Waals surface area contributed by atoms with E-state index in [9.17, 15) is 0 Å². The number of piperidine rings is 1. The number of hydrogen-bond acceptors (Lipinski definition) is 2. The van der Waals surface area contributed by atoms with Gasteiger partial charge in [-0.3, -0.25) is 0 Å². The second kappa shape index (κ2) is 4.49. The predicted octanol–water partition coefficient (Wildman–Crippen LogP) is 2.64. The van der Waals surface area contributed by atoms with E-state index in [0.717, 1.165) is 35.9 Å². The maximum absolute atomic E-state index is 3.96. The lowest BCUT2D eigenvalue weighted by Gasteiger charge is -2.37. The first kappa shape index (κ1) is 11.7. The minimum absolute atomic E-state index is 0.832. The molecule has 0 spiro atoms. The topological polar surface area (TPSA) is 15.3 Å². The molecule has 0 amide bonds. The highest BCUT2D eigenvalue weighted by Crippen LogP contribution is 2.49. The van der Waals surface area contributed by atoms with Gasteiger partial charge < -0.3 is 10.2 Å². The van der Waals surface area contributed by atoms with Crippen molar-refractivity contribution in [2.45, 2.75) is 69.5 Å². The van der Waals surface area contributed by atoms with E-state index < -0.39 is 0 Å². The lowest BCUT2D eigenvalue weighted by Crippen LogP contribution is -2.48. The molecule has 2 aliphatic heterocycles. The Balaban J connectivity index is 1.30. The fourth-order valence-electron chi connectivity index (χ4n) is 4.65. The zero-order valence-electron chi connectivity index (χ0n) is 11.8. The summed E-state index contributed by atoms with van der Waals surface area (Å²) in [6.07, 6.45) is 11.8. The van der Waals surface area contributed by atoms with E-state index in [-0.39, 0.29) is 0 Å². The summed E-state index contributed by atoms with van der Waals surface area (Å²) in [6, 6.07) is 2.61. The summed E-state index contributed by atoms with van der Waals surface area (Å²) in [5, 5.41) is 3.96. The molecular weight excluding hydrogens is 220 g/mol. The monoisotopic (exact) mass is 248 g/mol. The Labute approximate surface area is 111 Å². The first-order valence-electron chi connectivity index (χ1n) is 8.26. The van der Waals surface area contributed by atoms with E-state index in [1.54, 1.807) is 0 Å². The van der Waals surface area contributed by atoms with Crippen LogP contribution in [-0.4, -0.2) is 36.6 Å². The van der Waals surface area contributed by atoms with Crippen molar-refractivity contribution in [2.75, 3.05) is 13.6 Å². The van der Waals surface area contributed by atoms with Gasteiger partial charge in [0.05, 0.1) is 0 Å². The fraction of sp³-hybridized carbons (Fsp3) is 1.00. The van der Waals surface area contributed by atoms with Crippen LogP contribution in [0.3, 0.4) is 0 Å². The molecule has 2 heterocycles. The molecule has 4 rings (SSSR count). The molecule has 0 aromatic heterocycles. The first-order chi connectivity index (χ1) is 8.81. The molecule has 0 radical (unpaired) electrons. The molecule has 4 aliphatic rings. The molecule has 0 aromatic rings. The number of nitrogens with one attached hydrogen (secondary N) is 1. The van der Waals surface area contributed by atoms with Crippen molar-refractivity contribution in [3.8, 4) is 0 Å². The van der Waals surface area contributed by atoms with Crippen LogP contribution in [0, 0.1) is 17.8 Å². The van der Waals surface area contributed by atoms with E-state index >= 15 is 0 Å². The second-order valence-electron chi connectivity index (χ2n) is 7.47. The molecule has 2 saturated heterocycles. The lowest BCUT2D eigenvalue weighted by atomic mass is 9.94. The van der Waals surface area contributed by atoms with E-state index in [2.05, 4.69) is 17.3 Å². The minimum Gasteiger partial charge on any atom is -0.314 e. The van der Waals surface area contributed by atoms with Crippen LogP contribution in [0.1, 0.15) is 51.4 Å². The summed E-state index contributed by atoms with van der Waals surface area (Å²) in [4.78, 5) is 2.65. The Kier molecular flexibility index (Phi) is 2.92. The van der Waals surface area contributed by atoms with E-state index in [4.69, 9.17) is 0 Å². The van der Waals surface area contributed by atoms with Gasteiger partial charge in [0.2, 0.25) is 0 Å². The van der Waals surface area contributed by atoms with Crippen molar-refractivity contribution in [1.82, 2.24) is 10.2 Å². The average molecular weight is 248 g/mol. The van der Waals surface area contributed by atoms with Gasteiger partial charge in [0.15, 0.2) is 0 Å². The highest BCUT2D eigenvalue weighted by atomic mass is 15.2. The van der Waals surface area contributed by atoms with Gasteiger partial charge in [-0.15, -0.1) is 0 Å². The molecule has 4 fully saturated rings. The summed E-state index contributed by atoms with van der Waals surface area (Å²) >= 11 is 0. The average Bonchev–Trinajstić information content (AvgIpc) is 3.26. The van der Waals surface area contributed by atoms with E-state index in [1.165, 1.54) is 57.9 Å².